The number of aromatic nitrogens is 2. The van der Waals surface area contributed by atoms with Gasteiger partial charge in [0.2, 0.25) is 0 Å². The first kappa shape index (κ1) is 24.5. The lowest BCUT2D eigenvalue weighted by Gasteiger charge is -2.28. The molecule has 0 aliphatic carbocycles. The predicted molar refractivity (Wildman–Crippen MR) is 120 cm³/mol. The Morgan fingerprint density at radius 1 is 1.21 bits per heavy atom. The van der Waals surface area contributed by atoms with Crippen LogP contribution in [0.1, 0.15) is 38.7 Å². The maximum Gasteiger partial charge on any atom is 0.150 e. The molecule has 0 atom stereocenters. The normalized spacial score (nSPS) is 12.8. The van der Waals surface area contributed by atoms with E-state index in [4.69, 9.17) is 15.7 Å². The molecule has 7 nitrogen and oxygen atoms in total. The van der Waals surface area contributed by atoms with Gasteiger partial charge in [-0.15, -0.1) is 0 Å². The number of nitrogens with two attached hydrogens (primary N) is 1. The second kappa shape index (κ2) is 15.4. The molecule has 160 valence electrons. The predicted octanol–water partition coefficient (Wildman–Crippen LogP) is 3.34. The molecule has 1 aliphatic rings. The van der Waals surface area contributed by atoms with Crippen LogP contribution in [-0.2, 0) is 18.4 Å². The standard InChI is InChI=1S/C11H17NO.C9H16N4.C2H3N/c1-2-12-8-9-13-10-11-6-4-3-5-7-11;1-12-9(8(10)7-11-12)13-5-3-2-4-6-13;1-2-3/h3-7,12H,2,8-10H2,1H3;7H,2-6,10H2,1H3;1H3. The first-order valence-corrected chi connectivity index (χ1v) is 10.3. The van der Waals surface area contributed by atoms with E-state index in [9.17, 15) is 0 Å². The van der Waals surface area contributed by atoms with Crippen LogP contribution < -0.4 is 16.0 Å². The Bertz CT molecular complexity index is 670. The zero-order chi connectivity index (χ0) is 21.3. The fourth-order valence-corrected chi connectivity index (χ4v) is 3.03. The summed E-state index contributed by atoms with van der Waals surface area (Å²) in [6.45, 7) is 9.19. The summed E-state index contributed by atoms with van der Waals surface area (Å²) in [6, 6.07) is 12.0. The third-order valence-corrected chi connectivity index (χ3v) is 4.38. The van der Waals surface area contributed by atoms with E-state index in [2.05, 4.69) is 34.4 Å². The van der Waals surface area contributed by atoms with Gasteiger partial charge in [0.1, 0.15) is 5.82 Å². The van der Waals surface area contributed by atoms with Crippen LogP contribution in [0.15, 0.2) is 36.5 Å². The van der Waals surface area contributed by atoms with E-state index in [1.54, 1.807) is 12.3 Å². The van der Waals surface area contributed by atoms with E-state index in [1.165, 1.54) is 31.7 Å². The summed E-state index contributed by atoms with van der Waals surface area (Å²) < 4.78 is 7.32. The summed E-state index contributed by atoms with van der Waals surface area (Å²) in [5.41, 5.74) is 7.88. The van der Waals surface area contributed by atoms with Crippen molar-refractivity contribution in [3.8, 4) is 6.07 Å². The van der Waals surface area contributed by atoms with Gasteiger partial charge < -0.3 is 20.7 Å². The number of benzene rings is 1. The minimum absolute atomic E-state index is 0.715. The number of piperidine rings is 1. The van der Waals surface area contributed by atoms with Crippen molar-refractivity contribution in [1.29, 1.82) is 5.26 Å². The van der Waals surface area contributed by atoms with Crippen molar-refractivity contribution in [3.63, 3.8) is 0 Å². The van der Waals surface area contributed by atoms with Crippen LogP contribution in [0.25, 0.3) is 0 Å². The fraction of sp³-hybridized carbons (Fsp3) is 0.545. The number of hydrogen-bond donors (Lipinski definition) is 2. The van der Waals surface area contributed by atoms with Crippen molar-refractivity contribution in [2.75, 3.05) is 43.4 Å². The van der Waals surface area contributed by atoms with Crippen LogP contribution in [0.5, 0.6) is 0 Å². The zero-order valence-electron chi connectivity index (χ0n) is 18.1. The molecular weight excluding hydrogens is 364 g/mol. The van der Waals surface area contributed by atoms with Gasteiger partial charge in [-0.1, -0.05) is 37.3 Å². The lowest BCUT2D eigenvalue weighted by molar-refractivity contribution is 0.123. The van der Waals surface area contributed by atoms with E-state index in [-0.39, 0.29) is 0 Å². The van der Waals surface area contributed by atoms with E-state index in [1.807, 2.05) is 29.9 Å². The summed E-state index contributed by atoms with van der Waals surface area (Å²) >= 11 is 0. The molecule has 0 bridgehead atoms. The number of nitrogen functional groups attached to an aromatic ring is 1. The summed E-state index contributed by atoms with van der Waals surface area (Å²) in [6.07, 6.45) is 5.60. The number of nitrogens with zero attached hydrogens (tertiary/aromatic N) is 4. The molecule has 1 saturated heterocycles. The molecule has 7 heteroatoms. The Morgan fingerprint density at radius 3 is 2.41 bits per heavy atom. The Labute approximate surface area is 175 Å². The quantitative estimate of drug-likeness (QED) is 0.693. The van der Waals surface area contributed by atoms with Gasteiger partial charge in [0.25, 0.3) is 0 Å². The van der Waals surface area contributed by atoms with Gasteiger partial charge in [-0.05, 0) is 31.4 Å². The van der Waals surface area contributed by atoms with E-state index < -0.39 is 0 Å². The Kier molecular flexibility index (Phi) is 13.0. The number of anilines is 2. The number of likely N-dealkylation sites (N-methyl/N-ethyl adjacent to an activating group) is 1. The highest BCUT2D eigenvalue weighted by Crippen LogP contribution is 2.24. The monoisotopic (exact) mass is 400 g/mol. The molecule has 29 heavy (non-hydrogen) atoms. The van der Waals surface area contributed by atoms with Gasteiger partial charge in [-0.3, -0.25) is 4.68 Å². The van der Waals surface area contributed by atoms with Gasteiger partial charge in [0.05, 0.1) is 31.2 Å². The molecule has 0 saturated carbocycles. The summed E-state index contributed by atoms with van der Waals surface area (Å²) in [7, 11) is 1.94. The molecule has 3 N–H and O–H groups in total. The third kappa shape index (κ3) is 9.97. The largest absolute Gasteiger partial charge is 0.394 e. The molecule has 1 aromatic heterocycles. The Hall–Kier alpha value is -2.56. The summed E-state index contributed by atoms with van der Waals surface area (Å²) in [5, 5.41) is 14.7. The van der Waals surface area contributed by atoms with Crippen LogP contribution in [0, 0.1) is 11.3 Å². The van der Waals surface area contributed by atoms with Crippen molar-refractivity contribution in [2.24, 2.45) is 7.05 Å². The van der Waals surface area contributed by atoms with Gasteiger partial charge in [-0.2, -0.15) is 10.4 Å². The van der Waals surface area contributed by atoms with Gasteiger partial charge in [-0.25, -0.2) is 0 Å². The van der Waals surface area contributed by atoms with Crippen LogP contribution in [0.2, 0.25) is 0 Å². The van der Waals surface area contributed by atoms with E-state index in [0.717, 1.165) is 44.3 Å². The van der Waals surface area contributed by atoms with Crippen LogP contribution in [-0.4, -0.2) is 42.6 Å². The van der Waals surface area contributed by atoms with Crippen molar-refractivity contribution >= 4 is 11.5 Å². The number of ether oxygens (including phenoxy) is 1. The first-order valence-electron chi connectivity index (χ1n) is 10.3. The van der Waals surface area contributed by atoms with Gasteiger partial charge in [0, 0.05) is 33.6 Å². The average Bonchev–Trinajstić information content (AvgIpc) is 3.08. The Morgan fingerprint density at radius 2 is 1.86 bits per heavy atom. The van der Waals surface area contributed by atoms with Crippen molar-refractivity contribution in [3.05, 3.63) is 42.1 Å². The van der Waals surface area contributed by atoms with Crippen molar-refractivity contribution in [2.45, 2.75) is 39.7 Å². The smallest absolute Gasteiger partial charge is 0.150 e. The van der Waals surface area contributed by atoms with Crippen molar-refractivity contribution in [1.82, 2.24) is 15.1 Å². The lowest BCUT2D eigenvalue weighted by atomic mass is 10.1. The second-order valence-electron chi connectivity index (χ2n) is 6.71. The highest BCUT2D eigenvalue weighted by atomic mass is 16.5. The molecule has 0 spiro atoms. The summed E-state index contributed by atoms with van der Waals surface area (Å²) in [4.78, 5) is 2.33. The molecule has 2 aromatic rings. The third-order valence-electron chi connectivity index (χ3n) is 4.38. The molecule has 0 unspecified atom stereocenters. The lowest BCUT2D eigenvalue weighted by Crippen LogP contribution is -2.31. The summed E-state index contributed by atoms with van der Waals surface area (Å²) in [5.74, 6) is 1.08. The van der Waals surface area contributed by atoms with Crippen LogP contribution >= 0.6 is 0 Å². The van der Waals surface area contributed by atoms with E-state index in [0.29, 0.717) is 6.61 Å². The first-order chi connectivity index (χ1) is 14.1. The number of rotatable bonds is 7. The molecular formula is C22H36N6O. The number of hydrogen-bond acceptors (Lipinski definition) is 6. The minimum Gasteiger partial charge on any atom is -0.394 e. The number of aryl methyl sites for hydroxylation is 1. The van der Waals surface area contributed by atoms with Crippen LogP contribution in [0.4, 0.5) is 11.5 Å². The molecule has 1 fully saturated rings. The van der Waals surface area contributed by atoms with Crippen molar-refractivity contribution < 1.29 is 4.74 Å². The number of nitriles is 1. The minimum atomic E-state index is 0.715. The highest BCUT2D eigenvalue weighted by Gasteiger charge is 2.16. The zero-order valence-corrected chi connectivity index (χ0v) is 18.1. The molecule has 0 radical (unpaired) electrons. The second-order valence-corrected chi connectivity index (χ2v) is 6.71. The van der Waals surface area contributed by atoms with Gasteiger partial charge >= 0.3 is 0 Å². The molecule has 0 amide bonds. The SMILES string of the molecule is CC#N.CCNCCOCc1ccccc1.Cn1ncc(N)c1N1CCCCC1. The highest BCUT2D eigenvalue weighted by molar-refractivity contribution is 5.62. The van der Waals surface area contributed by atoms with E-state index >= 15 is 0 Å². The maximum atomic E-state index is 7.32. The van der Waals surface area contributed by atoms with Gasteiger partial charge in [0.15, 0.2) is 0 Å². The topological polar surface area (TPSA) is 92.1 Å². The average molecular weight is 401 g/mol. The van der Waals surface area contributed by atoms with Crippen LogP contribution in [0.3, 0.4) is 0 Å². The fourth-order valence-electron chi connectivity index (χ4n) is 3.03. The maximum absolute atomic E-state index is 7.32. The molecule has 3 rings (SSSR count). The molecule has 2 heterocycles. The molecule has 1 aliphatic heterocycles. The Balaban J connectivity index is 0.000000256. The number of nitrogens with one attached hydrogen (secondary N) is 1. The molecule has 1 aromatic carbocycles.